The quantitative estimate of drug-likeness (QED) is 0.745. The summed E-state index contributed by atoms with van der Waals surface area (Å²) in [7, 11) is 1.68. The minimum Gasteiger partial charge on any atom is -0.496 e. The van der Waals surface area contributed by atoms with Crippen LogP contribution in [0.15, 0.2) is 24.8 Å². The lowest BCUT2D eigenvalue weighted by Gasteiger charge is -2.15. The Bertz CT molecular complexity index is 344. The third kappa shape index (κ3) is 1.80. The zero-order chi connectivity index (χ0) is 10.7. The lowest BCUT2D eigenvalue weighted by molar-refractivity contribution is 0.411. The highest BCUT2D eigenvalue weighted by Crippen LogP contribution is 2.26. The van der Waals surface area contributed by atoms with Crippen molar-refractivity contribution in [1.29, 1.82) is 0 Å². The molecule has 0 radical (unpaired) electrons. The minimum absolute atomic E-state index is 0.0976. The summed E-state index contributed by atoms with van der Waals surface area (Å²) in [4.78, 5) is 0. The van der Waals surface area contributed by atoms with E-state index in [-0.39, 0.29) is 6.04 Å². The van der Waals surface area contributed by atoms with Crippen molar-refractivity contribution < 1.29 is 4.74 Å². The monoisotopic (exact) mass is 191 g/mol. The minimum atomic E-state index is -0.0976. The van der Waals surface area contributed by atoms with E-state index >= 15 is 0 Å². The normalized spacial score (nSPS) is 12.3. The molecule has 0 heterocycles. The van der Waals surface area contributed by atoms with Crippen molar-refractivity contribution >= 4 is 0 Å². The zero-order valence-electron chi connectivity index (χ0n) is 9.00. The summed E-state index contributed by atoms with van der Waals surface area (Å²) in [6, 6.07) is 3.84. The van der Waals surface area contributed by atoms with Crippen molar-refractivity contribution in [3.63, 3.8) is 0 Å². The molecule has 14 heavy (non-hydrogen) atoms. The van der Waals surface area contributed by atoms with Gasteiger partial charge in [-0.1, -0.05) is 12.1 Å². The number of methoxy groups -OCH3 is 1. The fraction of sp³-hybridized carbons (Fsp3) is 0.333. The summed E-state index contributed by atoms with van der Waals surface area (Å²) in [6.07, 6.45) is 1.74. The van der Waals surface area contributed by atoms with Gasteiger partial charge in [-0.25, -0.2) is 0 Å². The Balaban J connectivity index is 3.23. The predicted octanol–water partition coefficient (Wildman–Crippen LogP) is 2.50. The summed E-state index contributed by atoms with van der Waals surface area (Å²) in [5.74, 6) is 0.905. The first-order valence-corrected chi connectivity index (χ1v) is 4.64. The van der Waals surface area contributed by atoms with Crippen molar-refractivity contribution in [1.82, 2.24) is 0 Å². The predicted molar refractivity (Wildman–Crippen MR) is 59.6 cm³/mol. The molecule has 1 atom stereocenters. The Morgan fingerprint density at radius 2 is 2.00 bits per heavy atom. The first-order valence-electron chi connectivity index (χ1n) is 4.64. The van der Waals surface area contributed by atoms with Gasteiger partial charge in [-0.3, -0.25) is 0 Å². The molecule has 0 aromatic heterocycles. The standard InChI is InChI=1S/C12H17NO/c1-5-11(13)10-6-7-12(14-4)9(3)8(10)2/h5-7,11H,1,13H2,2-4H3/t11-/m0/s1. The van der Waals surface area contributed by atoms with Gasteiger partial charge in [0.25, 0.3) is 0 Å². The van der Waals surface area contributed by atoms with Crippen LogP contribution in [0.3, 0.4) is 0 Å². The molecule has 0 saturated carbocycles. The molecule has 1 aromatic carbocycles. The van der Waals surface area contributed by atoms with Gasteiger partial charge in [-0.15, -0.1) is 6.58 Å². The van der Waals surface area contributed by atoms with Gasteiger partial charge in [0, 0.05) is 6.04 Å². The first-order chi connectivity index (χ1) is 6.61. The summed E-state index contributed by atoms with van der Waals surface area (Å²) < 4.78 is 5.23. The first kappa shape index (κ1) is 10.8. The molecule has 76 valence electrons. The fourth-order valence-electron chi connectivity index (χ4n) is 1.53. The van der Waals surface area contributed by atoms with Crippen molar-refractivity contribution in [2.45, 2.75) is 19.9 Å². The fourth-order valence-corrected chi connectivity index (χ4v) is 1.53. The second-order valence-corrected chi connectivity index (χ2v) is 3.37. The highest BCUT2D eigenvalue weighted by molar-refractivity contribution is 5.45. The number of hydrogen-bond donors (Lipinski definition) is 1. The van der Waals surface area contributed by atoms with Crippen LogP contribution < -0.4 is 10.5 Å². The molecular weight excluding hydrogens is 174 g/mol. The van der Waals surface area contributed by atoms with Crippen LogP contribution in [0.5, 0.6) is 5.75 Å². The molecule has 0 saturated heterocycles. The third-order valence-electron chi connectivity index (χ3n) is 2.61. The summed E-state index contributed by atoms with van der Waals surface area (Å²) in [5, 5.41) is 0. The molecule has 2 nitrogen and oxygen atoms in total. The van der Waals surface area contributed by atoms with Gasteiger partial charge in [0.1, 0.15) is 5.75 Å². The Morgan fingerprint density at radius 1 is 1.36 bits per heavy atom. The topological polar surface area (TPSA) is 35.2 Å². The number of hydrogen-bond acceptors (Lipinski definition) is 2. The zero-order valence-corrected chi connectivity index (χ0v) is 9.00. The van der Waals surface area contributed by atoms with Gasteiger partial charge in [0.2, 0.25) is 0 Å². The maximum Gasteiger partial charge on any atom is 0.122 e. The van der Waals surface area contributed by atoms with Crippen LogP contribution in [0.1, 0.15) is 22.7 Å². The van der Waals surface area contributed by atoms with Crippen molar-refractivity contribution in [2.75, 3.05) is 7.11 Å². The van der Waals surface area contributed by atoms with Crippen LogP contribution in [-0.4, -0.2) is 7.11 Å². The molecule has 1 aromatic rings. The molecule has 1 rings (SSSR count). The van der Waals surface area contributed by atoms with Crippen molar-refractivity contribution in [2.24, 2.45) is 5.73 Å². The molecule has 0 fully saturated rings. The van der Waals surface area contributed by atoms with Crippen LogP contribution in [0.25, 0.3) is 0 Å². The van der Waals surface area contributed by atoms with E-state index in [0.29, 0.717) is 0 Å². The molecular formula is C12H17NO. The van der Waals surface area contributed by atoms with Gasteiger partial charge in [0.05, 0.1) is 7.11 Å². The van der Waals surface area contributed by atoms with Gasteiger partial charge in [-0.05, 0) is 36.6 Å². The van der Waals surface area contributed by atoms with E-state index in [2.05, 4.69) is 13.5 Å². The van der Waals surface area contributed by atoms with E-state index in [1.165, 1.54) is 5.56 Å². The van der Waals surface area contributed by atoms with Gasteiger partial charge >= 0.3 is 0 Å². The van der Waals surface area contributed by atoms with Gasteiger partial charge in [0.15, 0.2) is 0 Å². The molecule has 0 unspecified atom stereocenters. The van der Waals surface area contributed by atoms with E-state index in [4.69, 9.17) is 10.5 Å². The van der Waals surface area contributed by atoms with Gasteiger partial charge < -0.3 is 10.5 Å². The molecule has 2 heteroatoms. The second kappa shape index (κ2) is 4.29. The largest absolute Gasteiger partial charge is 0.496 e. The molecule has 2 N–H and O–H groups in total. The van der Waals surface area contributed by atoms with E-state index < -0.39 is 0 Å². The smallest absolute Gasteiger partial charge is 0.122 e. The number of nitrogens with two attached hydrogens (primary N) is 1. The lowest BCUT2D eigenvalue weighted by Crippen LogP contribution is -2.09. The van der Waals surface area contributed by atoms with E-state index in [1.807, 2.05) is 19.1 Å². The Hall–Kier alpha value is -1.28. The highest BCUT2D eigenvalue weighted by Gasteiger charge is 2.09. The average Bonchev–Trinajstić information content (AvgIpc) is 2.21. The maximum absolute atomic E-state index is 5.90. The SMILES string of the molecule is C=C[C@H](N)c1ccc(OC)c(C)c1C. The Morgan fingerprint density at radius 3 is 2.50 bits per heavy atom. The average molecular weight is 191 g/mol. The van der Waals surface area contributed by atoms with E-state index in [9.17, 15) is 0 Å². The summed E-state index contributed by atoms with van der Waals surface area (Å²) >= 11 is 0. The lowest BCUT2D eigenvalue weighted by atomic mass is 9.97. The van der Waals surface area contributed by atoms with Crippen LogP contribution in [-0.2, 0) is 0 Å². The Kier molecular flexibility index (Phi) is 3.31. The van der Waals surface area contributed by atoms with Crippen LogP contribution in [0.2, 0.25) is 0 Å². The highest BCUT2D eigenvalue weighted by atomic mass is 16.5. The van der Waals surface area contributed by atoms with Crippen LogP contribution in [0, 0.1) is 13.8 Å². The molecule has 0 aliphatic heterocycles. The molecule has 0 aliphatic rings. The number of benzene rings is 1. The van der Waals surface area contributed by atoms with Crippen LogP contribution >= 0.6 is 0 Å². The third-order valence-corrected chi connectivity index (χ3v) is 2.61. The summed E-state index contributed by atoms with van der Waals surface area (Å²) in [6.45, 7) is 7.78. The molecule has 0 amide bonds. The Labute approximate surface area is 85.4 Å². The summed E-state index contributed by atoms with van der Waals surface area (Å²) in [5.41, 5.74) is 9.32. The number of ether oxygens (including phenoxy) is 1. The number of rotatable bonds is 3. The van der Waals surface area contributed by atoms with Crippen molar-refractivity contribution in [3.05, 3.63) is 41.5 Å². The maximum atomic E-state index is 5.90. The second-order valence-electron chi connectivity index (χ2n) is 3.37. The van der Waals surface area contributed by atoms with Crippen LogP contribution in [0.4, 0.5) is 0 Å². The van der Waals surface area contributed by atoms with Crippen molar-refractivity contribution in [3.8, 4) is 5.75 Å². The van der Waals surface area contributed by atoms with E-state index in [1.54, 1.807) is 13.2 Å². The molecule has 0 aliphatic carbocycles. The molecule has 0 bridgehead atoms. The van der Waals surface area contributed by atoms with Gasteiger partial charge in [-0.2, -0.15) is 0 Å². The van der Waals surface area contributed by atoms with E-state index in [0.717, 1.165) is 16.9 Å². The molecule has 0 spiro atoms.